The van der Waals surface area contributed by atoms with Crippen LogP contribution in [0.1, 0.15) is 55.1 Å². The number of hydrogen-bond donors (Lipinski definition) is 2. The van der Waals surface area contributed by atoms with Crippen molar-refractivity contribution >= 4 is 69.5 Å². The third-order valence-electron chi connectivity index (χ3n) is 6.64. The second kappa shape index (κ2) is 14.2. The monoisotopic (exact) mass is 660 g/mol. The van der Waals surface area contributed by atoms with Gasteiger partial charge in [0.1, 0.15) is 22.6 Å². The molecule has 0 fully saturated rings. The van der Waals surface area contributed by atoms with Gasteiger partial charge in [0.15, 0.2) is 0 Å². The summed E-state index contributed by atoms with van der Waals surface area (Å²) in [5.74, 6) is -3.48. The number of hydrazone groups is 1. The van der Waals surface area contributed by atoms with Gasteiger partial charge in [0.2, 0.25) is 0 Å². The number of halogens is 2. The lowest BCUT2D eigenvalue weighted by molar-refractivity contribution is -0.136. The predicted octanol–water partition coefficient (Wildman–Crippen LogP) is 6.33. The molecule has 1 aromatic heterocycles. The van der Waals surface area contributed by atoms with E-state index in [4.69, 9.17) is 32.7 Å². The van der Waals surface area contributed by atoms with Crippen LogP contribution in [0.4, 0.5) is 5.00 Å². The minimum Gasteiger partial charge on any atom is -0.423 e. The van der Waals surface area contributed by atoms with Crippen LogP contribution in [0.15, 0.2) is 71.8 Å². The number of fused-ring (bicyclic) bond motifs is 1. The molecule has 1 heterocycles. The van der Waals surface area contributed by atoms with Gasteiger partial charge in [-0.3, -0.25) is 9.59 Å². The van der Waals surface area contributed by atoms with Crippen molar-refractivity contribution in [3.8, 4) is 17.6 Å². The summed E-state index contributed by atoms with van der Waals surface area (Å²) in [5.41, 5.74) is 4.08. The summed E-state index contributed by atoms with van der Waals surface area (Å²) in [5, 5.41) is 17.1. The number of amides is 2. The van der Waals surface area contributed by atoms with Crippen LogP contribution >= 0.6 is 34.5 Å². The van der Waals surface area contributed by atoms with Crippen LogP contribution in [0.2, 0.25) is 10.0 Å². The van der Waals surface area contributed by atoms with Crippen LogP contribution in [0, 0.1) is 11.3 Å². The van der Waals surface area contributed by atoms with E-state index in [0.29, 0.717) is 20.6 Å². The molecule has 0 spiro atoms. The second-order valence-electron chi connectivity index (χ2n) is 9.67. The summed E-state index contributed by atoms with van der Waals surface area (Å²) in [7, 11) is 0. The van der Waals surface area contributed by atoms with Crippen LogP contribution in [-0.2, 0) is 22.4 Å². The molecular weight excluding hydrogens is 639 g/mol. The van der Waals surface area contributed by atoms with Crippen LogP contribution in [0.25, 0.3) is 0 Å². The summed E-state index contributed by atoms with van der Waals surface area (Å²) < 4.78 is 11.0. The number of nitriles is 1. The van der Waals surface area contributed by atoms with Crippen molar-refractivity contribution in [3.05, 3.63) is 109 Å². The number of hydrogen-bond acceptors (Lipinski definition) is 9. The quantitative estimate of drug-likeness (QED) is 0.0773. The minimum atomic E-state index is -1.07. The fraction of sp³-hybridized carbons (Fsp3) is 0.125. The lowest BCUT2D eigenvalue weighted by Gasteiger charge is -2.11. The van der Waals surface area contributed by atoms with Crippen molar-refractivity contribution < 1.29 is 28.7 Å². The molecule has 0 saturated heterocycles. The van der Waals surface area contributed by atoms with Crippen LogP contribution in [0.5, 0.6) is 11.5 Å². The Morgan fingerprint density at radius 2 is 1.47 bits per heavy atom. The number of aryl methyl sites for hydroxylation is 1. The summed E-state index contributed by atoms with van der Waals surface area (Å²) in [6.45, 7) is 0. The van der Waals surface area contributed by atoms with Crippen LogP contribution < -0.4 is 20.2 Å². The average molecular weight is 662 g/mol. The number of nitrogens with one attached hydrogen (secondary N) is 2. The zero-order chi connectivity index (χ0) is 31.9. The molecule has 1 aliphatic rings. The van der Waals surface area contributed by atoms with Crippen LogP contribution in [-0.4, -0.2) is 30.0 Å². The molecule has 4 aromatic rings. The van der Waals surface area contributed by atoms with Crippen molar-refractivity contribution in [2.24, 2.45) is 5.10 Å². The van der Waals surface area contributed by atoms with E-state index in [9.17, 15) is 24.4 Å². The van der Waals surface area contributed by atoms with Crippen molar-refractivity contribution in [1.82, 2.24) is 5.43 Å². The van der Waals surface area contributed by atoms with Crippen LogP contribution in [0.3, 0.4) is 0 Å². The molecule has 10 nitrogen and oxygen atoms in total. The van der Waals surface area contributed by atoms with Gasteiger partial charge in [0.05, 0.1) is 22.9 Å². The topological polar surface area (TPSA) is 147 Å². The number of benzene rings is 3. The third kappa shape index (κ3) is 7.74. The van der Waals surface area contributed by atoms with Crippen molar-refractivity contribution in [2.45, 2.75) is 25.7 Å². The first-order chi connectivity index (χ1) is 21.7. The maximum absolute atomic E-state index is 12.9. The van der Waals surface area contributed by atoms with E-state index in [0.717, 1.165) is 42.3 Å². The molecule has 0 unspecified atom stereocenters. The Morgan fingerprint density at radius 3 is 2.11 bits per heavy atom. The highest BCUT2D eigenvalue weighted by atomic mass is 35.5. The Hall–Kier alpha value is -5.02. The molecular formula is C32H22Cl2N4O6S. The highest BCUT2D eigenvalue weighted by Gasteiger charge is 2.24. The first kappa shape index (κ1) is 31.4. The van der Waals surface area contributed by atoms with E-state index in [1.54, 1.807) is 12.1 Å². The number of carbonyl (C=O) groups excluding carboxylic acids is 4. The molecule has 13 heteroatoms. The predicted molar refractivity (Wildman–Crippen MR) is 169 cm³/mol. The van der Waals surface area contributed by atoms with Crippen molar-refractivity contribution in [3.63, 3.8) is 0 Å². The number of anilines is 1. The maximum Gasteiger partial charge on any atom is 0.343 e. The standard InChI is InChI=1S/C32H22Cl2N4O6S/c33-21-10-5-18(6-11-21)31(41)43-23-14-9-20(26(15-23)44-32(42)19-7-12-22(34)13-8-19)17-36-38-29(40)28(39)37-30-25(16-35)24-3-1-2-4-27(24)45-30/h5-15,17H,1-4H2,(H,37,39)(H,38,40). The zero-order valence-electron chi connectivity index (χ0n) is 23.3. The fourth-order valence-corrected chi connectivity index (χ4v) is 5.90. The molecule has 3 aromatic carbocycles. The molecule has 2 amide bonds. The molecule has 5 rings (SSSR count). The largest absolute Gasteiger partial charge is 0.423 e. The van der Waals surface area contributed by atoms with E-state index in [-0.39, 0.29) is 28.2 Å². The minimum absolute atomic E-state index is 0.0540. The van der Waals surface area contributed by atoms with Gasteiger partial charge in [-0.25, -0.2) is 15.0 Å². The normalized spacial score (nSPS) is 12.1. The summed E-state index contributed by atoms with van der Waals surface area (Å²) >= 11 is 13.1. The Kier molecular flexibility index (Phi) is 9.89. The molecule has 2 N–H and O–H groups in total. The maximum atomic E-state index is 12.9. The van der Waals surface area contributed by atoms with Crippen molar-refractivity contribution in [2.75, 3.05) is 5.32 Å². The van der Waals surface area contributed by atoms with Gasteiger partial charge in [0.25, 0.3) is 0 Å². The summed E-state index contributed by atoms with van der Waals surface area (Å²) in [4.78, 5) is 51.6. The first-order valence-electron chi connectivity index (χ1n) is 13.5. The Labute approximate surface area is 271 Å². The fourth-order valence-electron chi connectivity index (χ4n) is 4.41. The molecule has 0 atom stereocenters. The second-order valence-corrected chi connectivity index (χ2v) is 11.7. The average Bonchev–Trinajstić information content (AvgIpc) is 3.39. The van der Waals surface area contributed by atoms with E-state index in [1.807, 2.05) is 0 Å². The molecule has 0 radical (unpaired) electrons. The number of nitrogens with zero attached hydrogens (tertiary/aromatic N) is 2. The lowest BCUT2D eigenvalue weighted by atomic mass is 9.96. The van der Waals surface area contributed by atoms with Gasteiger partial charge in [0, 0.05) is 26.6 Å². The first-order valence-corrected chi connectivity index (χ1v) is 15.1. The summed E-state index contributed by atoms with van der Waals surface area (Å²) in [6.07, 6.45) is 4.70. The van der Waals surface area contributed by atoms with Gasteiger partial charge >= 0.3 is 23.8 Å². The van der Waals surface area contributed by atoms with Gasteiger partial charge in [-0.2, -0.15) is 10.4 Å². The number of esters is 2. The molecule has 0 aliphatic heterocycles. The molecule has 0 saturated carbocycles. The highest BCUT2D eigenvalue weighted by molar-refractivity contribution is 7.16. The van der Waals surface area contributed by atoms with E-state index >= 15 is 0 Å². The summed E-state index contributed by atoms with van der Waals surface area (Å²) in [6, 6.07) is 18.4. The van der Waals surface area contributed by atoms with Gasteiger partial charge in [-0.15, -0.1) is 11.3 Å². The number of ether oxygens (including phenoxy) is 2. The van der Waals surface area contributed by atoms with Gasteiger partial charge in [-0.05, 0) is 91.9 Å². The zero-order valence-corrected chi connectivity index (χ0v) is 25.6. The number of carbonyl (C=O) groups is 4. The van der Waals surface area contributed by atoms with E-state index in [2.05, 4.69) is 21.9 Å². The number of rotatable bonds is 7. The molecule has 1 aliphatic carbocycles. The highest BCUT2D eigenvalue weighted by Crippen LogP contribution is 2.37. The van der Waals surface area contributed by atoms with Gasteiger partial charge in [-0.1, -0.05) is 23.2 Å². The smallest absolute Gasteiger partial charge is 0.343 e. The lowest BCUT2D eigenvalue weighted by Crippen LogP contribution is -2.32. The Balaban J connectivity index is 1.31. The van der Waals surface area contributed by atoms with Gasteiger partial charge < -0.3 is 14.8 Å². The Bertz CT molecular complexity index is 1860. The SMILES string of the molecule is N#Cc1c(NC(=O)C(=O)NN=Cc2ccc(OC(=O)c3ccc(Cl)cc3)cc2OC(=O)c2ccc(Cl)cc2)sc2c1CCCC2. The third-order valence-corrected chi connectivity index (χ3v) is 8.36. The Morgan fingerprint density at radius 1 is 0.844 bits per heavy atom. The van der Waals surface area contributed by atoms with Crippen molar-refractivity contribution in [1.29, 1.82) is 5.26 Å². The molecule has 0 bridgehead atoms. The molecule has 226 valence electrons. The molecule has 45 heavy (non-hydrogen) atoms. The number of thiophene rings is 1. The van der Waals surface area contributed by atoms with E-state index < -0.39 is 23.8 Å². The van der Waals surface area contributed by atoms with E-state index in [1.165, 1.54) is 65.9 Å².